The fraction of sp³-hybridized carbons (Fsp3) is 0.259. The van der Waals surface area contributed by atoms with Gasteiger partial charge in [0.05, 0.1) is 31.3 Å². The van der Waals surface area contributed by atoms with Crippen molar-refractivity contribution in [3.8, 4) is 5.75 Å². The highest BCUT2D eigenvalue weighted by Gasteiger charge is 2.35. The Hall–Kier alpha value is -3.73. The van der Waals surface area contributed by atoms with Gasteiger partial charge < -0.3 is 19.5 Å². The molecule has 3 aromatic rings. The summed E-state index contributed by atoms with van der Waals surface area (Å²) >= 11 is 0. The van der Waals surface area contributed by atoms with Crippen LogP contribution < -0.4 is 14.8 Å². The zero-order valence-electron chi connectivity index (χ0n) is 20.6. The van der Waals surface area contributed by atoms with Crippen molar-refractivity contribution in [2.45, 2.75) is 30.6 Å². The summed E-state index contributed by atoms with van der Waals surface area (Å²) in [6, 6.07) is 22.4. The van der Waals surface area contributed by atoms with E-state index in [0.717, 1.165) is 5.56 Å². The van der Waals surface area contributed by atoms with Gasteiger partial charge in [-0.1, -0.05) is 60.7 Å². The largest absolute Gasteiger partial charge is 0.497 e. The number of methoxy groups -OCH3 is 1. The highest BCUT2D eigenvalue weighted by atomic mass is 32.2. The van der Waals surface area contributed by atoms with Crippen molar-refractivity contribution in [1.29, 1.82) is 0 Å². The lowest BCUT2D eigenvalue weighted by molar-refractivity contribution is -0.145. The Bertz CT molecular complexity index is 1250. The first-order valence-corrected chi connectivity index (χ1v) is 13.1. The standard InChI is InChI=1S/C27H30N2O7S/c1-3-35-24(30)18-28-27(31)26(36-19-20-10-6-4-7-11-20)25(21-14-16-22(34-2)17-15-21)29-37(32,33)23-12-8-5-9-13-23/h4-17,25-26,29H,3,18-19H2,1-2H3,(H,28,31). The Morgan fingerprint density at radius 3 is 2.11 bits per heavy atom. The Morgan fingerprint density at radius 1 is 0.892 bits per heavy atom. The molecule has 0 aromatic heterocycles. The molecule has 0 bridgehead atoms. The highest BCUT2D eigenvalue weighted by Crippen LogP contribution is 2.26. The maximum Gasteiger partial charge on any atom is 0.325 e. The van der Waals surface area contributed by atoms with Crippen LogP contribution in [0.3, 0.4) is 0 Å². The zero-order chi connectivity index (χ0) is 26.7. The van der Waals surface area contributed by atoms with Crippen molar-refractivity contribution in [3.05, 3.63) is 96.1 Å². The monoisotopic (exact) mass is 526 g/mol. The lowest BCUT2D eigenvalue weighted by Gasteiger charge is -2.28. The first-order chi connectivity index (χ1) is 17.8. The molecule has 0 aliphatic rings. The Labute approximate surface area is 216 Å². The SMILES string of the molecule is CCOC(=O)CNC(=O)C(OCc1ccccc1)C(NS(=O)(=O)c1ccccc1)c1ccc(OC)cc1. The van der Waals surface area contributed by atoms with Crippen molar-refractivity contribution in [2.75, 3.05) is 20.3 Å². The van der Waals surface area contributed by atoms with Crippen LogP contribution in [0, 0.1) is 0 Å². The Kier molecular flexibility index (Phi) is 10.2. The summed E-state index contributed by atoms with van der Waals surface area (Å²) in [5.74, 6) is -0.744. The molecule has 2 unspecified atom stereocenters. The van der Waals surface area contributed by atoms with Crippen LogP contribution in [0.2, 0.25) is 0 Å². The van der Waals surface area contributed by atoms with Crippen molar-refractivity contribution >= 4 is 21.9 Å². The molecule has 1 amide bonds. The summed E-state index contributed by atoms with van der Waals surface area (Å²) in [6.07, 6.45) is -1.33. The number of hydrogen-bond donors (Lipinski definition) is 2. The molecular weight excluding hydrogens is 496 g/mol. The van der Waals surface area contributed by atoms with Gasteiger partial charge in [0.1, 0.15) is 12.3 Å². The number of hydrogen-bond acceptors (Lipinski definition) is 7. The van der Waals surface area contributed by atoms with Gasteiger partial charge in [0, 0.05) is 0 Å². The molecule has 3 rings (SSSR count). The molecular formula is C27H30N2O7S. The number of rotatable bonds is 13. The Morgan fingerprint density at radius 2 is 1.51 bits per heavy atom. The van der Waals surface area contributed by atoms with Crippen LogP contribution in [-0.4, -0.2) is 46.7 Å². The number of sulfonamides is 1. The second-order valence-corrected chi connectivity index (χ2v) is 9.64. The van der Waals surface area contributed by atoms with E-state index < -0.39 is 40.6 Å². The molecule has 0 fully saturated rings. The second-order valence-electron chi connectivity index (χ2n) is 7.93. The first kappa shape index (κ1) is 27.9. The van der Waals surface area contributed by atoms with Crippen LogP contribution >= 0.6 is 0 Å². The zero-order valence-corrected chi connectivity index (χ0v) is 21.4. The van der Waals surface area contributed by atoms with Crippen LogP contribution in [0.25, 0.3) is 0 Å². The predicted octanol–water partition coefficient (Wildman–Crippen LogP) is 2.98. The van der Waals surface area contributed by atoms with E-state index in [0.29, 0.717) is 11.3 Å². The third kappa shape index (κ3) is 8.14. The van der Waals surface area contributed by atoms with Crippen LogP contribution in [0.15, 0.2) is 89.8 Å². The van der Waals surface area contributed by atoms with E-state index in [1.165, 1.54) is 19.2 Å². The minimum Gasteiger partial charge on any atom is -0.497 e. The van der Waals surface area contributed by atoms with Crippen LogP contribution in [0.5, 0.6) is 5.75 Å². The van der Waals surface area contributed by atoms with Gasteiger partial charge in [-0.15, -0.1) is 0 Å². The molecule has 0 aliphatic carbocycles. The maximum atomic E-state index is 13.3. The molecule has 0 radical (unpaired) electrons. The molecule has 0 aliphatic heterocycles. The van der Waals surface area contributed by atoms with E-state index in [2.05, 4.69) is 10.0 Å². The number of esters is 1. The molecule has 9 nitrogen and oxygen atoms in total. The van der Waals surface area contributed by atoms with E-state index in [9.17, 15) is 18.0 Å². The van der Waals surface area contributed by atoms with Crippen LogP contribution in [-0.2, 0) is 35.7 Å². The quantitative estimate of drug-likeness (QED) is 0.329. The average molecular weight is 527 g/mol. The minimum absolute atomic E-state index is 0.0258. The molecule has 196 valence electrons. The van der Waals surface area contributed by atoms with Gasteiger partial charge in [-0.25, -0.2) is 13.1 Å². The number of amides is 1. The van der Waals surface area contributed by atoms with Crippen LogP contribution in [0.4, 0.5) is 0 Å². The molecule has 10 heteroatoms. The van der Waals surface area contributed by atoms with Gasteiger partial charge in [0.25, 0.3) is 5.91 Å². The molecule has 37 heavy (non-hydrogen) atoms. The summed E-state index contributed by atoms with van der Waals surface area (Å²) in [6.45, 7) is 1.45. The number of benzene rings is 3. The average Bonchev–Trinajstić information content (AvgIpc) is 2.92. The molecule has 2 atom stereocenters. The van der Waals surface area contributed by atoms with Crippen molar-refractivity contribution in [2.24, 2.45) is 0 Å². The molecule has 2 N–H and O–H groups in total. The lowest BCUT2D eigenvalue weighted by atomic mass is 10.0. The fourth-order valence-corrected chi connectivity index (χ4v) is 4.75. The molecule has 0 heterocycles. The summed E-state index contributed by atoms with van der Waals surface area (Å²) in [7, 11) is -2.54. The topological polar surface area (TPSA) is 120 Å². The third-order valence-corrected chi connectivity index (χ3v) is 6.81. The van der Waals surface area contributed by atoms with E-state index in [4.69, 9.17) is 14.2 Å². The van der Waals surface area contributed by atoms with Crippen molar-refractivity contribution in [1.82, 2.24) is 10.0 Å². The van der Waals surface area contributed by atoms with Crippen molar-refractivity contribution < 1.29 is 32.2 Å². The minimum atomic E-state index is -4.06. The van der Waals surface area contributed by atoms with Gasteiger partial charge in [0.2, 0.25) is 10.0 Å². The molecule has 0 saturated carbocycles. The van der Waals surface area contributed by atoms with E-state index in [1.807, 2.05) is 30.3 Å². The Balaban J connectivity index is 1.98. The normalized spacial score (nSPS) is 12.8. The molecule has 0 saturated heterocycles. The van der Waals surface area contributed by atoms with Gasteiger partial charge in [-0.2, -0.15) is 0 Å². The van der Waals surface area contributed by atoms with Crippen LogP contribution in [0.1, 0.15) is 24.1 Å². The van der Waals surface area contributed by atoms with Gasteiger partial charge in [0.15, 0.2) is 6.10 Å². The first-order valence-electron chi connectivity index (χ1n) is 11.6. The summed E-state index contributed by atoms with van der Waals surface area (Å²) in [5, 5.41) is 2.50. The second kappa shape index (κ2) is 13.5. The summed E-state index contributed by atoms with van der Waals surface area (Å²) in [5.41, 5.74) is 1.25. The number of carbonyl (C=O) groups is 2. The smallest absolute Gasteiger partial charge is 0.325 e. The number of nitrogens with one attached hydrogen (secondary N) is 2. The molecule has 3 aromatic carbocycles. The van der Waals surface area contributed by atoms with Gasteiger partial charge in [-0.05, 0) is 42.3 Å². The highest BCUT2D eigenvalue weighted by molar-refractivity contribution is 7.89. The molecule has 0 spiro atoms. The maximum absolute atomic E-state index is 13.3. The fourth-order valence-electron chi connectivity index (χ4n) is 3.51. The van der Waals surface area contributed by atoms with E-state index in [1.54, 1.807) is 49.4 Å². The lowest BCUT2D eigenvalue weighted by Crippen LogP contribution is -2.47. The van der Waals surface area contributed by atoms with E-state index >= 15 is 0 Å². The summed E-state index contributed by atoms with van der Waals surface area (Å²) in [4.78, 5) is 25.2. The van der Waals surface area contributed by atoms with Crippen molar-refractivity contribution in [3.63, 3.8) is 0 Å². The summed E-state index contributed by atoms with van der Waals surface area (Å²) < 4.78 is 45.3. The number of ether oxygens (including phenoxy) is 3. The van der Waals surface area contributed by atoms with Gasteiger partial charge >= 0.3 is 5.97 Å². The van der Waals surface area contributed by atoms with E-state index in [-0.39, 0.29) is 18.1 Å². The van der Waals surface area contributed by atoms with Gasteiger partial charge in [-0.3, -0.25) is 9.59 Å². The predicted molar refractivity (Wildman–Crippen MR) is 137 cm³/mol. The number of carbonyl (C=O) groups excluding carboxylic acids is 2. The third-order valence-electron chi connectivity index (χ3n) is 5.36.